The standard InChI is InChI=1S/C42H55F2N7O4/c1-5-8-11-20-46-31-47-37(52)26-35-25-36(15-14-32(35)6-2)48-38(53)29-51(28-34-13-10-9-12-33(34)27-45-4)40(55)41(7-3)16-23-50(24-17-41)39(54)30-49-21-18-42(43,44)19-22-49/h1,8-15,20,25,45H,6-7,16-19,21-24,26-31H2,2-4H3,(H,47,52)(H,48,53)/b11-8-,46-20-. The molecule has 0 atom stereocenters. The lowest BCUT2D eigenvalue weighted by atomic mass is 9.74. The summed E-state index contributed by atoms with van der Waals surface area (Å²) < 4.78 is 27.3. The van der Waals surface area contributed by atoms with Crippen LogP contribution in [0.1, 0.15) is 68.2 Å². The van der Waals surface area contributed by atoms with Gasteiger partial charge in [0.25, 0.3) is 5.92 Å². The number of likely N-dealkylation sites (tertiary alicyclic amines) is 2. The van der Waals surface area contributed by atoms with Gasteiger partial charge in [-0.05, 0) is 79.3 Å². The topological polar surface area (TPSA) is 126 Å². The fraction of sp³-hybridized carbons (Fsp3) is 0.500. The Hall–Kier alpha value is -4.93. The number of nitrogens with one attached hydrogen (secondary N) is 3. The molecule has 2 aliphatic heterocycles. The number of aliphatic imine (C=N–C) groups is 1. The summed E-state index contributed by atoms with van der Waals surface area (Å²) in [7, 11) is 1.85. The Morgan fingerprint density at radius 3 is 2.31 bits per heavy atom. The molecule has 0 bridgehead atoms. The van der Waals surface area contributed by atoms with Gasteiger partial charge in [0, 0.05) is 64.0 Å². The van der Waals surface area contributed by atoms with E-state index in [1.54, 1.807) is 32.9 Å². The average molecular weight is 760 g/mol. The SMILES string of the molecule is C#C/C=C\C=N/CNC(=O)Cc1cc(NC(=O)CN(Cc2ccccc2CNC)C(=O)C2(CC)CCN(C(=O)CN3CCC(F)(F)CC3)CC2)ccc1CC. The second-order valence-electron chi connectivity index (χ2n) is 14.3. The van der Waals surface area contributed by atoms with Crippen molar-refractivity contribution < 1.29 is 28.0 Å². The molecule has 0 spiro atoms. The van der Waals surface area contributed by atoms with Gasteiger partial charge < -0.3 is 25.8 Å². The van der Waals surface area contributed by atoms with Crippen molar-refractivity contribution in [3.63, 3.8) is 0 Å². The van der Waals surface area contributed by atoms with E-state index < -0.39 is 11.3 Å². The molecule has 2 saturated heterocycles. The number of piperidine rings is 2. The third kappa shape index (κ3) is 12.6. The number of alkyl halides is 2. The van der Waals surface area contributed by atoms with Crippen molar-refractivity contribution in [1.29, 1.82) is 0 Å². The van der Waals surface area contributed by atoms with Crippen LogP contribution in [0.4, 0.5) is 14.5 Å². The first-order valence-corrected chi connectivity index (χ1v) is 19.1. The summed E-state index contributed by atoms with van der Waals surface area (Å²) in [5, 5.41) is 8.89. The third-order valence-electron chi connectivity index (χ3n) is 10.6. The van der Waals surface area contributed by atoms with Crippen LogP contribution in [0.25, 0.3) is 0 Å². The molecule has 3 N–H and O–H groups in total. The van der Waals surface area contributed by atoms with Gasteiger partial charge in [0.15, 0.2) is 0 Å². The van der Waals surface area contributed by atoms with Gasteiger partial charge in [-0.3, -0.25) is 29.1 Å². The van der Waals surface area contributed by atoms with E-state index in [1.165, 1.54) is 12.3 Å². The first-order chi connectivity index (χ1) is 26.4. The predicted octanol–water partition coefficient (Wildman–Crippen LogP) is 4.56. The molecule has 0 unspecified atom stereocenters. The van der Waals surface area contributed by atoms with Gasteiger partial charge in [0.1, 0.15) is 13.2 Å². The van der Waals surface area contributed by atoms with Gasteiger partial charge in [-0.25, -0.2) is 8.78 Å². The minimum absolute atomic E-state index is 0.0867. The van der Waals surface area contributed by atoms with Gasteiger partial charge in [-0.1, -0.05) is 50.1 Å². The Morgan fingerprint density at radius 2 is 1.65 bits per heavy atom. The zero-order chi connectivity index (χ0) is 39.8. The van der Waals surface area contributed by atoms with E-state index in [1.807, 2.05) is 51.2 Å². The molecule has 11 nitrogen and oxygen atoms in total. The molecule has 13 heteroatoms. The van der Waals surface area contributed by atoms with Crippen LogP contribution in [0, 0.1) is 17.8 Å². The van der Waals surface area contributed by atoms with Gasteiger partial charge in [0.05, 0.1) is 18.4 Å². The molecule has 0 saturated carbocycles. The van der Waals surface area contributed by atoms with Crippen molar-refractivity contribution in [3.8, 4) is 12.3 Å². The summed E-state index contributed by atoms with van der Waals surface area (Å²) in [5.41, 5.74) is 3.40. The highest BCUT2D eigenvalue weighted by Crippen LogP contribution is 2.38. The van der Waals surface area contributed by atoms with E-state index in [4.69, 9.17) is 6.42 Å². The molecule has 55 heavy (non-hydrogen) atoms. The highest BCUT2D eigenvalue weighted by Gasteiger charge is 2.44. The minimum atomic E-state index is -2.68. The van der Waals surface area contributed by atoms with E-state index >= 15 is 0 Å². The number of terminal acetylenes is 1. The molecule has 296 valence electrons. The minimum Gasteiger partial charge on any atom is -0.342 e. The van der Waals surface area contributed by atoms with E-state index in [9.17, 15) is 28.0 Å². The zero-order valence-corrected chi connectivity index (χ0v) is 32.3. The van der Waals surface area contributed by atoms with Crippen LogP contribution in [0.3, 0.4) is 0 Å². The van der Waals surface area contributed by atoms with Gasteiger partial charge in [-0.15, -0.1) is 6.42 Å². The number of halogens is 2. The van der Waals surface area contributed by atoms with Crippen LogP contribution >= 0.6 is 0 Å². The first kappa shape index (κ1) is 42.8. The van der Waals surface area contributed by atoms with Crippen LogP contribution < -0.4 is 16.0 Å². The number of allylic oxidation sites excluding steroid dienone is 2. The van der Waals surface area contributed by atoms with Crippen molar-refractivity contribution in [1.82, 2.24) is 25.3 Å². The molecule has 2 heterocycles. The second kappa shape index (κ2) is 20.7. The molecular formula is C42H55F2N7O4. The Balaban J connectivity index is 1.47. The molecule has 2 aromatic carbocycles. The smallest absolute Gasteiger partial charge is 0.250 e. The highest BCUT2D eigenvalue weighted by atomic mass is 19.3. The maximum atomic E-state index is 14.7. The lowest BCUT2D eigenvalue weighted by Crippen LogP contribution is -2.53. The van der Waals surface area contributed by atoms with Gasteiger partial charge in [0.2, 0.25) is 23.6 Å². The molecule has 2 aliphatic rings. The van der Waals surface area contributed by atoms with E-state index in [0.717, 1.165) is 22.3 Å². The highest BCUT2D eigenvalue weighted by molar-refractivity contribution is 5.96. The summed E-state index contributed by atoms with van der Waals surface area (Å²) in [6.45, 7) is 5.85. The molecule has 2 fully saturated rings. The summed E-state index contributed by atoms with van der Waals surface area (Å²) in [6, 6.07) is 13.3. The van der Waals surface area contributed by atoms with Crippen molar-refractivity contribution in [2.45, 2.75) is 77.8 Å². The number of hydrogen-bond acceptors (Lipinski definition) is 7. The van der Waals surface area contributed by atoms with Crippen molar-refractivity contribution >= 4 is 35.5 Å². The number of hydrogen-bond donors (Lipinski definition) is 3. The normalized spacial score (nSPS) is 16.8. The third-order valence-corrected chi connectivity index (χ3v) is 10.6. The number of carbonyl (C=O) groups excluding carboxylic acids is 4. The molecule has 0 aliphatic carbocycles. The predicted molar refractivity (Wildman–Crippen MR) is 211 cm³/mol. The summed E-state index contributed by atoms with van der Waals surface area (Å²) in [4.78, 5) is 63.6. The monoisotopic (exact) mass is 759 g/mol. The number of amides is 4. The molecular weight excluding hydrogens is 705 g/mol. The molecule has 0 aromatic heterocycles. The average Bonchev–Trinajstić information content (AvgIpc) is 3.17. The van der Waals surface area contributed by atoms with Crippen LogP contribution in [-0.4, -0.2) is 103 Å². The number of carbonyl (C=O) groups is 4. The maximum Gasteiger partial charge on any atom is 0.250 e. The molecule has 4 rings (SSSR count). The van der Waals surface area contributed by atoms with Crippen LogP contribution in [-0.2, 0) is 45.1 Å². The lowest BCUT2D eigenvalue weighted by molar-refractivity contribution is -0.151. The maximum absolute atomic E-state index is 14.7. The molecule has 4 amide bonds. The van der Waals surface area contributed by atoms with E-state index in [0.29, 0.717) is 51.0 Å². The van der Waals surface area contributed by atoms with Crippen LogP contribution in [0.15, 0.2) is 59.6 Å². The Bertz CT molecular complexity index is 1740. The first-order valence-electron chi connectivity index (χ1n) is 19.1. The number of nitrogens with zero attached hydrogens (tertiary/aromatic N) is 4. The Morgan fingerprint density at radius 1 is 0.945 bits per heavy atom. The fourth-order valence-electron chi connectivity index (χ4n) is 7.22. The van der Waals surface area contributed by atoms with Crippen LogP contribution in [0.5, 0.6) is 0 Å². The van der Waals surface area contributed by atoms with Gasteiger partial charge in [-0.2, -0.15) is 0 Å². The van der Waals surface area contributed by atoms with Crippen molar-refractivity contribution in [2.75, 3.05) is 58.3 Å². The molecule has 0 radical (unpaired) electrons. The Kier molecular flexibility index (Phi) is 16.1. The fourth-order valence-corrected chi connectivity index (χ4v) is 7.22. The number of aryl methyl sites for hydroxylation is 1. The second-order valence-corrected chi connectivity index (χ2v) is 14.3. The zero-order valence-electron chi connectivity index (χ0n) is 32.3. The quantitative estimate of drug-likeness (QED) is 0.161. The van der Waals surface area contributed by atoms with E-state index in [-0.39, 0.29) is 82.3 Å². The Labute approximate surface area is 324 Å². The lowest BCUT2D eigenvalue weighted by Gasteiger charge is -2.43. The largest absolute Gasteiger partial charge is 0.342 e. The summed E-state index contributed by atoms with van der Waals surface area (Å²) >= 11 is 0. The summed E-state index contributed by atoms with van der Waals surface area (Å²) in [6.07, 6.45) is 11.5. The number of anilines is 1. The number of benzene rings is 2. The van der Waals surface area contributed by atoms with E-state index in [2.05, 4.69) is 26.9 Å². The van der Waals surface area contributed by atoms with Gasteiger partial charge >= 0.3 is 0 Å². The van der Waals surface area contributed by atoms with Crippen molar-refractivity contribution in [2.24, 2.45) is 10.4 Å². The number of rotatable bonds is 17. The van der Waals surface area contributed by atoms with Crippen LogP contribution in [0.2, 0.25) is 0 Å². The molecule has 2 aromatic rings. The summed E-state index contributed by atoms with van der Waals surface area (Å²) in [5.74, 6) is -1.18. The van der Waals surface area contributed by atoms with Crippen molar-refractivity contribution in [3.05, 3.63) is 76.9 Å².